The lowest BCUT2D eigenvalue weighted by atomic mass is 10.1. The summed E-state index contributed by atoms with van der Waals surface area (Å²) in [5.41, 5.74) is 5.59. The highest BCUT2D eigenvalue weighted by molar-refractivity contribution is 4.71. The first-order valence-corrected chi connectivity index (χ1v) is 8.01. The molecule has 1 saturated heterocycles. The monoisotopic (exact) mass is 255 g/mol. The molecule has 3 heteroatoms. The van der Waals surface area contributed by atoms with E-state index in [1.807, 2.05) is 0 Å². The first kappa shape index (κ1) is 15.9. The topological polar surface area (TPSA) is 32.5 Å². The first-order chi connectivity index (χ1) is 8.86. The van der Waals surface area contributed by atoms with Crippen LogP contribution >= 0.6 is 0 Å². The largest absolute Gasteiger partial charge is 0.329 e. The van der Waals surface area contributed by atoms with Gasteiger partial charge in [0.05, 0.1) is 0 Å². The van der Waals surface area contributed by atoms with Crippen molar-refractivity contribution in [3.05, 3.63) is 0 Å². The maximum Gasteiger partial charge on any atom is 0.0110 e. The molecule has 1 heterocycles. The van der Waals surface area contributed by atoms with Crippen molar-refractivity contribution in [2.24, 2.45) is 5.73 Å². The Hall–Kier alpha value is -0.120. The van der Waals surface area contributed by atoms with Crippen molar-refractivity contribution in [1.82, 2.24) is 9.80 Å². The number of nitrogens with zero attached hydrogens (tertiary/aromatic N) is 2. The Morgan fingerprint density at radius 1 is 0.722 bits per heavy atom. The van der Waals surface area contributed by atoms with Crippen LogP contribution in [0, 0.1) is 0 Å². The summed E-state index contributed by atoms with van der Waals surface area (Å²) in [7, 11) is 0. The van der Waals surface area contributed by atoms with Gasteiger partial charge in [-0.2, -0.15) is 0 Å². The molecule has 1 rings (SSSR count). The summed E-state index contributed by atoms with van der Waals surface area (Å²) >= 11 is 0. The standard InChI is InChI=1S/C15H33N3/c1-2-3-4-5-6-7-8-10-17-12-14-18(11-9-16)15-13-17/h2-16H2,1H3. The van der Waals surface area contributed by atoms with E-state index in [9.17, 15) is 0 Å². The van der Waals surface area contributed by atoms with Crippen LogP contribution < -0.4 is 5.73 Å². The van der Waals surface area contributed by atoms with Crippen LogP contribution in [0.5, 0.6) is 0 Å². The van der Waals surface area contributed by atoms with Gasteiger partial charge in [-0.15, -0.1) is 0 Å². The fourth-order valence-electron chi connectivity index (χ4n) is 2.71. The Balaban J connectivity index is 1.88. The molecule has 1 fully saturated rings. The molecular formula is C15H33N3. The molecule has 1 aliphatic rings. The fourth-order valence-corrected chi connectivity index (χ4v) is 2.71. The second kappa shape index (κ2) is 10.8. The molecule has 0 amide bonds. The molecule has 18 heavy (non-hydrogen) atoms. The van der Waals surface area contributed by atoms with Gasteiger partial charge in [-0.1, -0.05) is 45.4 Å². The van der Waals surface area contributed by atoms with Gasteiger partial charge in [0.2, 0.25) is 0 Å². The molecule has 3 nitrogen and oxygen atoms in total. The third-order valence-electron chi connectivity index (χ3n) is 3.99. The fraction of sp³-hybridized carbons (Fsp3) is 1.00. The van der Waals surface area contributed by atoms with E-state index in [2.05, 4.69) is 16.7 Å². The van der Waals surface area contributed by atoms with Crippen molar-refractivity contribution in [1.29, 1.82) is 0 Å². The van der Waals surface area contributed by atoms with Crippen LogP contribution in [0.15, 0.2) is 0 Å². The van der Waals surface area contributed by atoms with Crippen molar-refractivity contribution in [2.45, 2.75) is 51.9 Å². The lowest BCUT2D eigenvalue weighted by molar-refractivity contribution is 0.133. The van der Waals surface area contributed by atoms with E-state index in [4.69, 9.17) is 5.73 Å². The van der Waals surface area contributed by atoms with Crippen molar-refractivity contribution < 1.29 is 0 Å². The maximum atomic E-state index is 5.59. The number of hydrogen-bond donors (Lipinski definition) is 1. The third kappa shape index (κ3) is 7.34. The predicted octanol–water partition coefficient (Wildman–Crippen LogP) is 2.31. The minimum absolute atomic E-state index is 0.803. The van der Waals surface area contributed by atoms with Gasteiger partial charge in [-0.25, -0.2) is 0 Å². The van der Waals surface area contributed by atoms with Gasteiger partial charge < -0.3 is 10.6 Å². The minimum Gasteiger partial charge on any atom is -0.329 e. The van der Waals surface area contributed by atoms with E-state index >= 15 is 0 Å². The first-order valence-electron chi connectivity index (χ1n) is 8.01. The highest BCUT2D eigenvalue weighted by Crippen LogP contribution is 2.08. The lowest BCUT2D eigenvalue weighted by Gasteiger charge is -2.34. The molecule has 0 atom stereocenters. The average Bonchev–Trinajstić information content (AvgIpc) is 2.40. The van der Waals surface area contributed by atoms with Gasteiger partial charge in [0.25, 0.3) is 0 Å². The summed E-state index contributed by atoms with van der Waals surface area (Å²) < 4.78 is 0. The van der Waals surface area contributed by atoms with Crippen LogP contribution in [-0.2, 0) is 0 Å². The summed E-state index contributed by atoms with van der Waals surface area (Å²) in [6.07, 6.45) is 9.91. The summed E-state index contributed by atoms with van der Waals surface area (Å²) in [4.78, 5) is 5.11. The van der Waals surface area contributed by atoms with Crippen LogP contribution in [0.2, 0.25) is 0 Å². The number of unbranched alkanes of at least 4 members (excludes halogenated alkanes) is 6. The van der Waals surface area contributed by atoms with E-state index in [0.29, 0.717) is 0 Å². The minimum atomic E-state index is 0.803. The average molecular weight is 255 g/mol. The van der Waals surface area contributed by atoms with Gasteiger partial charge >= 0.3 is 0 Å². The highest BCUT2D eigenvalue weighted by Gasteiger charge is 2.15. The SMILES string of the molecule is CCCCCCCCCN1CCN(CCN)CC1. The van der Waals surface area contributed by atoms with Crippen molar-refractivity contribution >= 4 is 0 Å². The summed E-state index contributed by atoms with van der Waals surface area (Å²) in [6, 6.07) is 0. The second-order valence-corrected chi connectivity index (χ2v) is 5.59. The molecule has 0 aromatic carbocycles. The van der Waals surface area contributed by atoms with Gasteiger partial charge in [0.1, 0.15) is 0 Å². The molecular weight excluding hydrogens is 222 g/mol. The van der Waals surface area contributed by atoms with Gasteiger partial charge in [-0.05, 0) is 13.0 Å². The summed E-state index contributed by atoms with van der Waals surface area (Å²) in [5, 5.41) is 0. The number of rotatable bonds is 10. The molecule has 0 aliphatic carbocycles. The van der Waals surface area contributed by atoms with E-state index in [-0.39, 0.29) is 0 Å². The molecule has 0 aromatic heterocycles. The van der Waals surface area contributed by atoms with Gasteiger partial charge in [0, 0.05) is 39.3 Å². The molecule has 0 unspecified atom stereocenters. The van der Waals surface area contributed by atoms with Crippen LogP contribution in [0.4, 0.5) is 0 Å². The third-order valence-corrected chi connectivity index (χ3v) is 3.99. The lowest BCUT2D eigenvalue weighted by Crippen LogP contribution is -2.47. The molecule has 0 radical (unpaired) electrons. The molecule has 0 spiro atoms. The van der Waals surface area contributed by atoms with Crippen LogP contribution in [0.3, 0.4) is 0 Å². The maximum absolute atomic E-state index is 5.59. The van der Waals surface area contributed by atoms with Crippen LogP contribution in [0.1, 0.15) is 51.9 Å². The van der Waals surface area contributed by atoms with Crippen molar-refractivity contribution in [3.8, 4) is 0 Å². The number of nitrogens with two attached hydrogens (primary N) is 1. The quantitative estimate of drug-likeness (QED) is 0.608. The van der Waals surface area contributed by atoms with E-state index in [1.165, 1.54) is 77.7 Å². The zero-order valence-electron chi connectivity index (χ0n) is 12.4. The zero-order valence-corrected chi connectivity index (χ0v) is 12.4. The second-order valence-electron chi connectivity index (χ2n) is 5.59. The zero-order chi connectivity index (χ0) is 13.1. The summed E-state index contributed by atoms with van der Waals surface area (Å²) in [6.45, 7) is 10.4. The smallest absolute Gasteiger partial charge is 0.0110 e. The molecule has 1 aliphatic heterocycles. The number of hydrogen-bond acceptors (Lipinski definition) is 3. The van der Waals surface area contributed by atoms with E-state index in [0.717, 1.165) is 13.1 Å². The normalized spacial score (nSPS) is 18.3. The number of piperazine rings is 1. The Morgan fingerprint density at radius 3 is 1.78 bits per heavy atom. The van der Waals surface area contributed by atoms with Gasteiger partial charge in [-0.3, -0.25) is 4.90 Å². The van der Waals surface area contributed by atoms with Gasteiger partial charge in [0.15, 0.2) is 0 Å². The van der Waals surface area contributed by atoms with Crippen LogP contribution in [-0.4, -0.2) is 55.6 Å². The molecule has 0 bridgehead atoms. The van der Waals surface area contributed by atoms with Crippen LogP contribution in [0.25, 0.3) is 0 Å². The van der Waals surface area contributed by atoms with E-state index in [1.54, 1.807) is 0 Å². The Bertz CT molecular complexity index is 177. The molecule has 0 aromatic rings. The molecule has 0 saturated carbocycles. The van der Waals surface area contributed by atoms with E-state index < -0.39 is 0 Å². The molecule has 2 N–H and O–H groups in total. The molecule has 108 valence electrons. The highest BCUT2D eigenvalue weighted by atomic mass is 15.3. The van der Waals surface area contributed by atoms with Crippen molar-refractivity contribution in [2.75, 3.05) is 45.8 Å². The predicted molar refractivity (Wildman–Crippen MR) is 79.9 cm³/mol. The summed E-state index contributed by atoms with van der Waals surface area (Å²) in [5.74, 6) is 0. The Morgan fingerprint density at radius 2 is 1.22 bits per heavy atom. The Kier molecular flexibility index (Phi) is 9.54. The van der Waals surface area contributed by atoms with Crippen molar-refractivity contribution in [3.63, 3.8) is 0 Å². The Labute approximate surface area is 114 Å².